The molecule has 0 radical (unpaired) electrons. The zero-order valence-corrected chi connectivity index (χ0v) is 21.4. The third kappa shape index (κ3) is 7.13. The van der Waals surface area contributed by atoms with Crippen LogP contribution in [0.25, 0.3) is 0 Å². The minimum atomic E-state index is 0. The number of guanidine groups is 1. The number of nitrogens with zero attached hydrogens (tertiary/aromatic N) is 2. The van der Waals surface area contributed by atoms with Crippen LogP contribution in [0.3, 0.4) is 0 Å². The maximum atomic E-state index is 5.30. The highest BCUT2D eigenvalue weighted by atomic mass is 127. The molecule has 1 aromatic heterocycles. The van der Waals surface area contributed by atoms with Crippen molar-refractivity contribution < 1.29 is 4.74 Å². The van der Waals surface area contributed by atoms with Gasteiger partial charge in [-0.05, 0) is 74.3 Å². The summed E-state index contributed by atoms with van der Waals surface area (Å²) < 4.78 is 5.30. The highest BCUT2D eigenvalue weighted by Crippen LogP contribution is 2.36. The minimum Gasteiger partial charge on any atom is -0.497 e. The van der Waals surface area contributed by atoms with Crippen LogP contribution in [0.2, 0.25) is 0 Å². The smallest absolute Gasteiger partial charge is 0.190 e. The van der Waals surface area contributed by atoms with Gasteiger partial charge >= 0.3 is 0 Å². The second kappa shape index (κ2) is 13.2. The van der Waals surface area contributed by atoms with Gasteiger partial charge in [-0.1, -0.05) is 18.2 Å². The molecule has 1 saturated heterocycles. The minimum absolute atomic E-state index is 0. The molecule has 1 aliphatic heterocycles. The molecule has 0 saturated carbocycles. The van der Waals surface area contributed by atoms with Crippen molar-refractivity contribution >= 4 is 41.3 Å². The van der Waals surface area contributed by atoms with E-state index in [-0.39, 0.29) is 24.0 Å². The lowest BCUT2D eigenvalue weighted by Gasteiger charge is -2.39. The number of piperidine rings is 1. The van der Waals surface area contributed by atoms with Crippen molar-refractivity contribution in [3.8, 4) is 5.75 Å². The van der Waals surface area contributed by atoms with Crippen LogP contribution in [-0.2, 0) is 6.42 Å². The van der Waals surface area contributed by atoms with E-state index < -0.39 is 0 Å². The van der Waals surface area contributed by atoms with Crippen LogP contribution in [0.1, 0.15) is 35.7 Å². The van der Waals surface area contributed by atoms with Crippen molar-refractivity contribution in [1.82, 2.24) is 15.5 Å². The molecule has 5 nitrogen and oxygen atoms in total. The molecule has 166 valence electrons. The van der Waals surface area contributed by atoms with Crippen molar-refractivity contribution in [3.63, 3.8) is 0 Å². The second-order valence-electron chi connectivity index (χ2n) is 7.68. The Kier molecular flexibility index (Phi) is 11.0. The van der Waals surface area contributed by atoms with Gasteiger partial charge in [-0.15, -0.1) is 35.3 Å². The Bertz CT molecular complexity index is 768. The molecule has 2 atom stereocenters. The Balaban J connectivity index is 0.00000320. The molecule has 2 N–H and O–H groups in total. The Hall–Kier alpha value is -1.32. The van der Waals surface area contributed by atoms with E-state index >= 15 is 0 Å². The molecule has 2 unspecified atom stereocenters. The molecular weight excluding hydrogens is 507 g/mol. The largest absolute Gasteiger partial charge is 0.497 e. The summed E-state index contributed by atoms with van der Waals surface area (Å²) in [6, 6.07) is 13.2. The first-order chi connectivity index (χ1) is 14.2. The number of likely N-dealkylation sites (tertiary alicyclic amines) is 1. The normalized spacial score (nSPS) is 19.8. The van der Waals surface area contributed by atoms with Crippen LogP contribution in [0, 0.1) is 5.92 Å². The lowest BCUT2D eigenvalue weighted by Crippen LogP contribution is -2.45. The molecule has 0 spiro atoms. The SMILES string of the molecule is CN=C(NCCCc1cccc(OC)c1)NCC1CCCN(C)C1c1cccs1.I. The Labute approximate surface area is 202 Å². The van der Waals surface area contributed by atoms with E-state index in [0.29, 0.717) is 12.0 Å². The number of aryl methyl sites for hydroxylation is 1. The average Bonchev–Trinajstić information content (AvgIpc) is 3.27. The number of hydrogen-bond acceptors (Lipinski definition) is 4. The number of methoxy groups -OCH3 is 1. The fourth-order valence-electron chi connectivity index (χ4n) is 4.16. The van der Waals surface area contributed by atoms with E-state index in [9.17, 15) is 0 Å². The van der Waals surface area contributed by atoms with Crippen molar-refractivity contribution in [1.29, 1.82) is 0 Å². The third-order valence-electron chi connectivity index (χ3n) is 5.67. The lowest BCUT2D eigenvalue weighted by atomic mass is 9.88. The van der Waals surface area contributed by atoms with Gasteiger partial charge in [-0.25, -0.2) is 0 Å². The van der Waals surface area contributed by atoms with Crippen molar-refractivity contribution in [2.45, 2.75) is 31.7 Å². The predicted octanol–water partition coefficient (Wildman–Crippen LogP) is 4.56. The summed E-state index contributed by atoms with van der Waals surface area (Å²) in [4.78, 5) is 8.39. The molecule has 1 fully saturated rings. The summed E-state index contributed by atoms with van der Waals surface area (Å²) in [5, 5.41) is 9.22. The molecule has 30 heavy (non-hydrogen) atoms. The van der Waals surface area contributed by atoms with Crippen molar-refractivity contribution in [3.05, 3.63) is 52.2 Å². The first-order valence-electron chi connectivity index (χ1n) is 10.5. The number of thiophene rings is 1. The van der Waals surface area contributed by atoms with E-state index in [2.05, 4.69) is 57.2 Å². The van der Waals surface area contributed by atoms with E-state index in [0.717, 1.165) is 37.6 Å². The van der Waals surface area contributed by atoms with E-state index in [1.807, 2.05) is 30.5 Å². The van der Waals surface area contributed by atoms with Gasteiger partial charge in [0.1, 0.15) is 5.75 Å². The molecule has 1 aliphatic rings. The number of nitrogens with one attached hydrogen (secondary N) is 2. The van der Waals surface area contributed by atoms with Crippen LogP contribution < -0.4 is 15.4 Å². The topological polar surface area (TPSA) is 48.9 Å². The summed E-state index contributed by atoms with van der Waals surface area (Å²) in [6.45, 7) is 3.02. The van der Waals surface area contributed by atoms with Crippen LogP contribution in [-0.4, -0.2) is 51.7 Å². The fourth-order valence-corrected chi connectivity index (χ4v) is 5.14. The maximum absolute atomic E-state index is 5.30. The van der Waals surface area contributed by atoms with Gasteiger partial charge in [0, 0.05) is 31.1 Å². The Morgan fingerprint density at radius 3 is 2.87 bits per heavy atom. The molecule has 1 aromatic carbocycles. The molecule has 0 bridgehead atoms. The molecule has 0 aliphatic carbocycles. The van der Waals surface area contributed by atoms with Crippen LogP contribution in [0.15, 0.2) is 46.8 Å². The first-order valence-corrected chi connectivity index (χ1v) is 11.4. The number of hydrogen-bond donors (Lipinski definition) is 2. The van der Waals surface area contributed by atoms with Crippen LogP contribution >= 0.6 is 35.3 Å². The number of ether oxygens (including phenoxy) is 1. The standard InChI is InChI=1S/C23H34N4OS.HI/c1-24-23(25-13-5-9-18-8-4-11-20(16-18)28-3)26-17-19-10-6-14-27(2)22(19)21-12-7-15-29-21;/h4,7-8,11-12,15-16,19,22H,5-6,9-10,13-14,17H2,1-3H3,(H2,24,25,26);1H. The van der Waals surface area contributed by atoms with E-state index in [1.165, 1.54) is 29.8 Å². The summed E-state index contributed by atoms with van der Waals surface area (Å²) in [7, 11) is 5.81. The average molecular weight is 543 g/mol. The van der Waals surface area contributed by atoms with Crippen molar-refractivity contribution in [2.24, 2.45) is 10.9 Å². The summed E-state index contributed by atoms with van der Waals surface area (Å²) >= 11 is 1.87. The third-order valence-corrected chi connectivity index (χ3v) is 6.61. The van der Waals surface area contributed by atoms with E-state index in [1.54, 1.807) is 7.11 Å². The number of aliphatic imine (C=N–C) groups is 1. The molecule has 7 heteroatoms. The molecule has 3 rings (SSSR count). The summed E-state index contributed by atoms with van der Waals surface area (Å²) in [5.74, 6) is 2.42. The fraction of sp³-hybridized carbons (Fsp3) is 0.522. The highest BCUT2D eigenvalue weighted by molar-refractivity contribution is 14.0. The number of rotatable bonds is 8. The maximum Gasteiger partial charge on any atom is 0.190 e. The molecular formula is C23H35IN4OS. The molecule has 0 amide bonds. The van der Waals surface area contributed by atoms with Crippen LogP contribution in [0.5, 0.6) is 5.75 Å². The zero-order chi connectivity index (χ0) is 20.5. The molecule has 2 heterocycles. The summed E-state index contributed by atoms with van der Waals surface area (Å²) in [5.41, 5.74) is 1.30. The van der Waals surface area contributed by atoms with Gasteiger partial charge < -0.3 is 15.4 Å². The number of halogens is 1. The van der Waals surface area contributed by atoms with Gasteiger partial charge in [-0.3, -0.25) is 9.89 Å². The second-order valence-corrected chi connectivity index (χ2v) is 8.66. The van der Waals surface area contributed by atoms with Crippen LogP contribution in [0.4, 0.5) is 0 Å². The van der Waals surface area contributed by atoms with Gasteiger partial charge in [-0.2, -0.15) is 0 Å². The Morgan fingerprint density at radius 2 is 2.13 bits per heavy atom. The predicted molar refractivity (Wildman–Crippen MR) is 139 cm³/mol. The van der Waals surface area contributed by atoms with E-state index in [4.69, 9.17) is 4.74 Å². The van der Waals surface area contributed by atoms with Gasteiger partial charge in [0.05, 0.1) is 7.11 Å². The van der Waals surface area contributed by atoms with Crippen molar-refractivity contribution in [2.75, 3.05) is 40.8 Å². The monoisotopic (exact) mass is 542 g/mol. The Morgan fingerprint density at radius 1 is 1.27 bits per heavy atom. The number of benzene rings is 1. The van der Waals surface area contributed by atoms with Gasteiger partial charge in [0.2, 0.25) is 0 Å². The first kappa shape index (κ1) is 24.9. The quantitative estimate of drug-likeness (QED) is 0.222. The zero-order valence-electron chi connectivity index (χ0n) is 18.3. The summed E-state index contributed by atoms with van der Waals surface area (Å²) in [6.07, 6.45) is 4.59. The molecule has 2 aromatic rings. The van der Waals surface area contributed by atoms with Gasteiger partial charge in [0.25, 0.3) is 0 Å². The highest BCUT2D eigenvalue weighted by Gasteiger charge is 2.31. The van der Waals surface area contributed by atoms with Gasteiger partial charge in [0.15, 0.2) is 5.96 Å². The lowest BCUT2D eigenvalue weighted by molar-refractivity contribution is 0.125.